The number of hydrogen-bond acceptors (Lipinski definition) is 3. The Morgan fingerprint density at radius 1 is 1.43 bits per heavy atom. The normalized spacial score (nSPS) is 11.4. The monoisotopic (exact) mass is 194 g/mol. The summed E-state index contributed by atoms with van der Waals surface area (Å²) in [5.74, 6) is 0.856. The van der Waals surface area contributed by atoms with E-state index in [2.05, 4.69) is 10.3 Å². The molecule has 3 heteroatoms. The predicted octanol–water partition coefficient (Wildman–Crippen LogP) is 1.98. The third-order valence-corrected chi connectivity index (χ3v) is 1.65. The van der Waals surface area contributed by atoms with Crippen molar-refractivity contribution >= 4 is 0 Å². The number of nitrogens with one attached hydrogen (secondary N) is 1. The summed E-state index contributed by atoms with van der Waals surface area (Å²) in [6.07, 6.45) is 3.54. The summed E-state index contributed by atoms with van der Waals surface area (Å²) in [7, 11) is 1.92. The zero-order valence-electron chi connectivity index (χ0n) is 9.29. The molecule has 1 N–H and O–H groups in total. The van der Waals surface area contributed by atoms with Gasteiger partial charge in [-0.2, -0.15) is 0 Å². The molecule has 1 rings (SSSR count). The molecule has 78 valence electrons. The molecule has 1 heterocycles. The molecule has 0 aliphatic heterocycles. The second-order valence-electron chi connectivity index (χ2n) is 4.23. The Morgan fingerprint density at radius 3 is 2.71 bits per heavy atom. The lowest BCUT2D eigenvalue weighted by Gasteiger charge is -2.22. The zero-order valence-corrected chi connectivity index (χ0v) is 9.29. The summed E-state index contributed by atoms with van der Waals surface area (Å²) in [4.78, 5) is 4.06. The fourth-order valence-corrected chi connectivity index (χ4v) is 1.17. The van der Waals surface area contributed by atoms with Crippen LogP contribution in [0.25, 0.3) is 0 Å². The van der Waals surface area contributed by atoms with Gasteiger partial charge in [0, 0.05) is 18.3 Å². The van der Waals surface area contributed by atoms with Crippen molar-refractivity contribution in [2.24, 2.45) is 0 Å². The van der Waals surface area contributed by atoms with Crippen molar-refractivity contribution < 1.29 is 4.74 Å². The molecule has 0 aliphatic rings. The number of ether oxygens (including phenoxy) is 1. The first-order chi connectivity index (χ1) is 6.53. The maximum Gasteiger partial charge on any atom is 0.142 e. The van der Waals surface area contributed by atoms with Gasteiger partial charge in [-0.3, -0.25) is 4.98 Å². The number of pyridine rings is 1. The van der Waals surface area contributed by atoms with Gasteiger partial charge in [0.05, 0.1) is 6.20 Å². The number of rotatable bonds is 3. The van der Waals surface area contributed by atoms with Gasteiger partial charge in [0.15, 0.2) is 0 Å². The molecule has 0 saturated carbocycles. The third-order valence-electron chi connectivity index (χ3n) is 1.65. The van der Waals surface area contributed by atoms with Crippen molar-refractivity contribution in [3.63, 3.8) is 0 Å². The van der Waals surface area contributed by atoms with Crippen LogP contribution in [0, 0.1) is 0 Å². The Kier molecular flexibility index (Phi) is 3.47. The van der Waals surface area contributed by atoms with Gasteiger partial charge in [-0.25, -0.2) is 0 Å². The highest BCUT2D eigenvalue weighted by molar-refractivity contribution is 5.30. The fourth-order valence-electron chi connectivity index (χ4n) is 1.17. The van der Waals surface area contributed by atoms with Crippen molar-refractivity contribution in [1.82, 2.24) is 10.3 Å². The van der Waals surface area contributed by atoms with Gasteiger partial charge in [0.25, 0.3) is 0 Å². The molecule has 0 unspecified atom stereocenters. The minimum Gasteiger partial charge on any atom is -0.486 e. The quantitative estimate of drug-likeness (QED) is 0.799. The molecule has 0 aromatic carbocycles. The van der Waals surface area contributed by atoms with Gasteiger partial charge in [-0.15, -0.1) is 0 Å². The molecule has 14 heavy (non-hydrogen) atoms. The minimum atomic E-state index is -0.175. The van der Waals surface area contributed by atoms with Crippen LogP contribution in [0.5, 0.6) is 5.75 Å². The van der Waals surface area contributed by atoms with Crippen LogP contribution < -0.4 is 10.1 Å². The van der Waals surface area contributed by atoms with Crippen LogP contribution in [0.4, 0.5) is 0 Å². The van der Waals surface area contributed by atoms with Gasteiger partial charge in [0.1, 0.15) is 11.4 Å². The van der Waals surface area contributed by atoms with Crippen molar-refractivity contribution in [1.29, 1.82) is 0 Å². The maximum atomic E-state index is 5.78. The second kappa shape index (κ2) is 4.42. The van der Waals surface area contributed by atoms with E-state index in [1.807, 2.05) is 33.9 Å². The van der Waals surface area contributed by atoms with E-state index in [1.165, 1.54) is 0 Å². The lowest BCUT2D eigenvalue weighted by Crippen LogP contribution is -2.24. The number of hydrogen-bond donors (Lipinski definition) is 1. The zero-order chi connectivity index (χ0) is 10.6. The molecular formula is C11H18N2O. The molecule has 1 aromatic heterocycles. The molecule has 0 bridgehead atoms. The predicted molar refractivity (Wildman–Crippen MR) is 57.4 cm³/mol. The summed E-state index contributed by atoms with van der Waals surface area (Å²) in [5, 5.41) is 3.10. The molecule has 0 spiro atoms. The van der Waals surface area contributed by atoms with Crippen molar-refractivity contribution in [3.8, 4) is 5.75 Å². The molecule has 0 aliphatic carbocycles. The van der Waals surface area contributed by atoms with E-state index in [0.29, 0.717) is 0 Å². The van der Waals surface area contributed by atoms with Crippen molar-refractivity contribution in [2.45, 2.75) is 32.9 Å². The van der Waals surface area contributed by atoms with E-state index >= 15 is 0 Å². The maximum absolute atomic E-state index is 5.78. The minimum absolute atomic E-state index is 0.175. The highest BCUT2D eigenvalue weighted by Crippen LogP contribution is 2.21. The third kappa shape index (κ3) is 3.34. The summed E-state index contributed by atoms with van der Waals surface area (Å²) in [6.45, 7) is 6.89. The van der Waals surface area contributed by atoms with E-state index < -0.39 is 0 Å². The molecule has 0 atom stereocenters. The van der Waals surface area contributed by atoms with E-state index in [1.54, 1.807) is 12.4 Å². The Bertz CT molecular complexity index is 292. The fraction of sp³-hybridized carbons (Fsp3) is 0.545. The Hall–Kier alpha value is -1.09. The Labute approximate surface area is 85.5 Å². The smallest absolute Gasteiger partial charge is 0.142 e. The summed E-state index contributed by atoms with van der Waals surface area (Å²) in [5.41, 5.74) is 0.961. The summed E-state index contributed by atoms with van der Waals surface area (Å²) >= 11 is 0. The van der Waals surface area contributed by atoms with E-state index in [0.717, 1.165) is 17.9 Å². The van der Waals surface area contributed by atoms with Crippen LogP contribution in [0.3, 0.4) is 0 Å². The lowest BCUT2D eigenvalue weighted by atomic mass is 10.2. The molecule has 0 fully saturated rings. The van der Waals surface area contributed by atoms with Crippen LogP contribution >= 0.6 is 0 Å². The number of nitrogens with zero attached hydrogens (tertiary/aromatic N) is 1. The molecule has 0 amide bonds. The highest BCUT2D eigenvalue weighted by Gasteiger charge is 2.14. The SMILES string of the molecule is CNCc1ccncc1OC(C)(C)C. The lowest BCUT2D eigenvalue weighted by molar-refractivity contribution is 0.128. The largest absolute Gasteiger partial charge is 0.486 e. The van der Waals surface area contributed by atoms with Gasteiger partial charge in [-0.05, 0) is 33.9 Å². The average Bonchev–Trinajstić information content (AvgIpc) is 2.06. The molecule has 0 saturated heterocycles. The van der Waals surface area contributed by atoms with Gasteiger partial charge >= 0.3 is 0 Å². The Balaban J connectivity index is 2.84. The first kappa shape index (κ1) is 11.0. The van der Waals surface area contributed by atoms with Crippen LogP contribution in [0.15, 0.2) is 18.5 Å². The second-order valence-corrected chi connectivity index (χ2v) is 4.23. The first-order valence-electron chi connectivity index (χ1n) is 4.79. The molecule has 3 nitrogen and oxygen atoms in total. The Morgan fingerprint density at radius 2 is 2.14 bits per heavy atom. The first-order valence-corrected chi connectivity index (χ1v) is 4.79. The van der Waals surface area contributed by atoms with Gasteiger partial charge in [-0.1, -0.05) is 0 Å². The van der Waals surface area contributed by atoms with Crippen molar-refractivity contribution in [3.05, 3.63) is 24.0 Å². The summed E-state index contributed by atoms with van der Waals surface area (Å²) < 4.78 is 5.78. The van der Waals surface area contributed by atoms with Gasteiger partial charge in [0.2, 0.25) is 0 Å². The number of aromatic nitrogens is 1. The van der Waals surface area contributed by atoms with E-state index in [-0.39, 0.29) is 5.60 Å². The van der Waals surface area contributed by atoms with Gasteiger partial charge < -0.3 is 10.1 Å². The van der Waals surface area contributed by atoms with E-state index in [9.17, 15) is 0 Å². The van der Waals surface area contributed by atoms with E-state index in [4.69, 9.17) is 4.74 Å². The standard InChI is InChI=1S/C11H18N2O/c1-11(2,3)14-10-8-13-6-5-9(10)7-12-4/h5-6,8,12H,7H2,1-4H3. The molecule has 0 radical (unpaired) electrons. The van der Waals surface area contributed by atoms with Crippen molar-refractivity contribution in [2.75, 3.05) is 7.05 Å². The average molecular weight is 194 g/mol. The van der Waals surface area contributed by atoms with Crippen LogP contribution in [0.1, 0.15) is 26.3 Å². The van der Waals surface area contributed by atoms with Crippen LogP contribution in [0.2, 0.25) is 0 Å². The van der Waals surface area contributed by atoms with Crippen LogP contribution in [-0.4, -0.2) is 17.6 Å². The topological polar surface area (TPSA) is 34.2 Å². The molecular weight excluding hydrogens is 176 g/mol. The van der Waals surface area contributed by atoms with Crippen LogP contribution in [-0.2, 0) is 6.54 Å². The highest BCUT2D eigenvalue weighted by atomic mass is 16.5. The molecule has 1 aromatic rings. The summed E-state index contributed by atoms with van der Waals surface area (Å²) in [6, 6.07) is 1.97.